The molecule has 0 aromatic rings. The lowest BCUT2D eigenvalue weighted by Gasteiger charge is -2.44. The summed E-state index contributed by atoms with van der Waals surface area (Å²) in [5, 5.41) is 3.89. The Hall–Kier alpha value is 0.310. The second kappa shape index (κ2) is 3.41. The van der Waals surface area contributed by atoms with E-state index in [-0.39, 0.29) is 0 Å². The van der Waals surface area contributed by atoms with Gasteiger partial charge in [0.25, 0.3) is 0 Å². The van der Waals surface area contributed by atoms with Crippen molar-refractivity contribution in [1.29, 1.82) is 0 Å². The van der Waals surface area contributed by atoms with E-state index < -0.39 is 0 Å². The molecule has 0 amide bonds. The molecule has 2 rings (SSSR count). The Morgan fingerprint density at radius 1 is 1.29 bits per heavy atom. The molecule has 1 aliphatic heterocycles. The van der Waals surface area contributed by atoms with E-state index in [1.165, 1.54) is 25.0 Å². The van der Waals surface area contributed by atoms with Crippen molar-refractivity contribution in [1.82, 2.24) is 5.32 Å². The van der Waals surface area contributed by atoms with Gasteiger partial charge in [0, 0.05) is 11.3 Å². The zero-order valence-corrected chi connectivity index (χ0v) is 10.7. The minimum atomic E-state index is 0.343. The summed E-state index contributed by atoms with van der Waals surface area (Å²) < 4.78 is 0. The van der Waals surface area contributed by atoms with Gasteiger partial charge in [0.05, 0.1) is 4.87 Å². The number of nitrogens with one attached hydrogen (secondary N) is 1. The largest absolute Gasteiger partial charge is 0.297 e. The maximum Gasteiger partial charge on any atom is 0.0678 e. The number of rotatable bonds is 0. The Bertz CT molecular complexity index is 226. The Balaban J connectivity index is 2.15. The van der Waals surface area contributed by atoms with Gasteiger partial charge in [-0.1, -0.05) is 26.7 Å². The van der Waals surface area contributed by atoms with E-state index in [2.05, 4.69) is 44.8 Å². The maximum atomic E-state index is 3.89. The highest BCUT2D eigenvalue weighted by molar-refractivity contribution is 8.01. The Morgan fingerprint density at radius 2 is 2.00 bits per heavy atom. The standard InChI is InChI=1S/C12H23NS/c1-9-6-5-7-12(10(9)2)13-11(3,4)8-14-12/h9-10,13H,5-8H2,1-4H3. The van der Waals surface area contributed by atoms with Crippen molar-refractivity contribution >= 4 is 11.8 Å². The molecule has 0 bridgehead atoms. The molecule has 0 aromatic heterocycles. The van der Waals surface area contributed by atoms with E-state index in [4.69, 9.17) is 0 Å². The van der Waals surface area contributed by atoms with Crippen LogP contribution >= 0.6 is 11.8 Å². The van der Waals surface area contributed by atoms with Crippen LogP contribution in [0.1, 0.15) is 47.0 Å². The summed E-state index contributed by atoms with van der Waals surface area (Å²) in [5.41, 5.74) is 0.343. The van der Waals surface area contributed by atoms with Crippen molar-refractivity contribution in [2.75, 3.05) is 5.75 Å². The van der Waals surface area contributed by atoms with Gasteiger partial charge in [0.2, 0.25) is 0 Å². The van der Waals surface area contributed by atoms with Crippen molar-refractivity contribution in [3.63, 3.8) is 0 Å². The second-order valence-electron chi connectivity index (χ2n) is 5.85. The molecular weight excluding hydrogens is 190 g/mol. The van der Waals surface area contributed by atoms with Gasteiger partial charge in [-0.2, -0.15) is 0 Å². The average molecular weight is 213 g/mol. The lowest BCUT2D eigenvalue weighted by Crippen LogP contribution is -2.53. The monoisotopic (exact) mass is 213 g/mol. The lowest BCUT2D eigenvalue weighted by atomic mass is 9.77. The molecule has 2 aliphatic rings. The Labute approximate surface area is 92.4 Å². The van der Waals surface area contributed by atoms with Crippen LogP contribution in [0.5, 0.6) is 0 Å². The molecule has 14 heavy (non-hydrogen) atoms. The summed E-state index contributed by atoms with van der Waals surface area (Å²) in [6, 6.07) is 0. The smallest absolute Gasteiger partial charge is 0.0678 e. The third-order valence-corrected chi connectivity index (χ3v) is 6.10. The van der Waals surface area contributed by atoms with E-state index in [1.54, 1.807) is 0 Å². The van der Waals surface area contributed by atoms with E-state index in [9.17, 15) is 0 Å². The van der Waals surface area contributed by atoms with Crippen molar-refractivity contribution in [3.05, 3.63) is 0 Å². The molecule has 3 atom stereocenters. The number of thioether (sulfide) groups is 1. The minimum absolute atomic E-state index is 0.343. The normalized spacial score (nSPS) is 47.1. The van der Waals surface area contributed by atoms with E-state index in [1.807, 2.05) is 0 Å². The van der Waals surface area contributed by atoms with Gasteiger partial charge in [0.1, 0.15) is 0 Å². The molecule has 1 saturated heterocycles. The molecule has 82 valence electrons. The summed E-state index contributed by atoms with van der Waals surface area (Å²) in [7, 11) is 0. The minimum Gasteiger partial charge on any atom is -0.297 e. The van der Waals surface area contributed by atoms with Gasteiger partial charge in [0.15, 0.2) is 0 Å². The first-order valence-electron chi connectivity index (χ1n) is 5.88. The van der Waals surface area contributed by atoms with Crippen LogP contribution < -0.4 is 5.32 Å². The summed E-state index contributed by atoms with van der Waals surface area (Å²) in [5.74, 6) is 2.98. The molecule has 1 spiro atoms. The SMILES string of the molecule is CC1CCCC2(NC(C)(C)CS2)C1C. The van der Waals surface area contributed by atoms with Gasteiger partial charge >= 0.3 is 0 Å². The van der Waals surface area contributed by atoms with E-state index in [0.717, 1.165) is 11.8 Å². The van der Waals surface area contributed by atoms with Gasteiger partial charge in [-0.05, 0) is 32.1 Å². The first kappa shape index (κ1) is 10.8. The van der Waals surface area contributed by atoms with Crippen molar-refractivity contribution < 1.29 is 0 Å². The molecule has 3 unspecified atom stereocenters. The fourth-order valence-electron chi connectivity index (χ4n) is 2.96. The van der Waals surface area contributed by atoms with E-state index >= 15 is 0 Å². The second-order valence-corrected chi connectivity index (χ2v) is 7.15. The molecule has 1 saturated carbocycles. The zero-order chi connectivity index (χ0) is 10.4. The Morgan fingerprint density at radius 3 is 2.57 bits per heavy atom. The van der Waals surface area contributed by atoms with Crippen LogP contribution in [0.25, 0.3) is 0 Å². The Kier molecular flexibility index (Phi) is 2.64. The van der Waals surface area contributed by atoms with Crippen LogP contribution in [-0.2, 0) is 0 Å². The first-order valence-corrected chi connectivity index (χ1v) is 6.87. The molecule has 0 radical (unpaired) electrons. The van der Waals surface area contributed by atoms with Crippen molar-refractivity contribution in [2.24, 2.45) is 11.8 Å². The van der Waals surface area contributed by atoms with Crippen LogP contribution in [0.3, 0.4) is 0 Å². The molecule has 1 aliphatic carbocycles. The van der Waals surface area contributed by atoms with Gasteiger partial charge in [-0.25, -0.2) is 0 Å². The zero-order valence-electron chi connectivity index (χ0n) is 9.89. The fraction of sp³-hybridized carbons (Fsp3) is 1.00. The van der Waals surface area contributed by atoms with Crippen molar-refractivity contribution in [2.45, 2.75) is 57.4 Å². The van der Waals surface area contributed by atoms with Gasteiger partial charge in [-0.15, -0.1) is 11.8 Å². The van der Waals surface area contributed by atoms with Crippen LogP contribution in [-0.4, -0.2) is 16.2 Å². The van der Waals surface area contributed by atoms with Crippen LogP contribution in [0.4, 0.5) is 0 Å². The number of hydrogen-bond acceptors (Lipinski definition) is 2. The summed E-state index contributed by atoms with van der Waals surface area (Å²) in [6.07, 6.45) is 4.19. The van der Waals surface area contributed by atoms with Crippen LogP contribution in [0.2, 0.25) is 0 Å². The molecule has 1 heterocycles. The topological polar surface area (TPSA) is 12.0 Å². The quantitative estimate of drug-likeness (QED) is 0.663. The summed E-state index contributed by atoms with van der Waals surface area (Å²) >= 11 is 2.17. The highest BCUT2D eigenvalue weighted by atomic mass is 32.2. The average Bonchev–Trinajstić information content (AvgIpc) is 2.39. The van der Waals surface area contributed by atoms with Crippen molar-refractivity contribution in [3.8, 4) is 0 Å². The van der Waals surface area contributed by atoms with Crippen LogP contribution in [0.15, 0.2) is 0 Å². The molecule has 2 heteroatoms. The predicted molar refractivity (Wildman–Crippen MR) is 64.6 cm³/mol. The molecule has 2 fully saturated rings. The molecule has 1 nitrogen and oxygen atoms in total. The number of hydrogen-bond donors (Lipinski definition) is 1. The highest BCUT2D eigenvalue weighted by Gasteiger charge is 2.49. The van der Waals surface area contributed by atoms with Gasteiger partial charge in [-0.3, -0.25) is 5.32 Å². The van der Waals surface area contributed by atoms with Crippen LogP contribution in [0, 0.1) is 11.8 Å². The summed E-state index contributed by atoms with van der Waals surface area (Å²) in [6.45, 7) is 9.52. The van der Waals surface area contributed by atoms with Gasteiger partial charge < -0.3 is 0 Å². The fourth-order valence-corrected chi connectivity index (χ4v) is 4.78. The summed E-state index contributed by atoms with van der Waals surface area (Å²) in [4.78, 5) is 0.404. The highest BCUT2D eigenvalue weighted by Crippen LogP contribution is 2.50. The lowest BCUT2D eigenvalue weighted by molar-refractivity contribution is 0.165. The molecule has 0 aromatic carbocycles. The third kappa shape index (κ3) is 1.71. The molecule has 1 N–H and O–H groups in total. The first-order chi connectivity index (χ1) is 6.45. The molecular formula is C12H23NS. The third-order valence-electron chi connectivity index (χ3n) is 4.04. The van der Waals surface area contributed by atoms with E-state index in [0.29, 0.717) is 10.4 Å². The predicted octanol–water partition coefficient (Wildman–Crippen LogP) is 3.25. The maximum absolute atomic E-state index is 3.89.